The summed E-state index contributed by atoms with van der Waals surface area (Å²) in [4.78, 5) is 13.0. The van der Waals surface area contributed by atoms with E-state index in [1.165, 1.54) is 0 Å². The molecule has 7 heteroatoms. The summed E-state index contributed by atoms with van der Waals surface area (Å²) in [5, 5.41) is 3.44. The highest BCUT2D eigenvalue weighted by Crippen LogP contribution is 2.28. The average Bonchev–Trinajstić information content (AvgIpc) is 2.73. The van der Waals surface area contributed by atoms with Crippen molar-refractivity contribution < 1.29 is 13.2 Å². The van der Waals surface area contributed by atoms with E-state index in [9.17, 15) is 13.2 Å². The van der Waals surface area contributed by atoms with Crippen LogP contribution in [0.25, 0.3) is 0 Å². The van der Waals surface area contributed by atoms with E-state index >= 15 is 0 Å². The molecule has 0 unspecified atom stereocenters. The fourth-order valence-electron chi connectivity index (χ4n) is 3.35. The monoisotopic (exact) mass is 456 g/mol. The van der Waals surface area contributed by atoms with Gasteiger partial charge in [-0.25, -0.2) is 8.42 Å². The number of sulfonamides is 1. The van der Waals surface area contributed by atoms with Gasteiger partial charge in [0.05, 0.1) is 18.0 Å². The summed E-state index contributed by atoms with van der Waals surface area (Å²) >= 11 is 6.18. The molecule has 0 aliphatic rings. The number of amides is 1. The second-order valence-electron chi connectivity index (χ2n) is 7.48. The third-order valence-corrected chi connectivity index (χ3v) is 6.58. The van der Waals surface area contributed by atoms with Gasteiger partial charge < -0.3 is 5.32 Å². The number of nitrogens with zero attached hydrogens (tertiary/aromatic N) is 1. The lowest BCUT2D eigenvalue weighted by Crippen LogP contribution is -2.42. The zero-order chi connectivity index (χ0) is 22.6. The van der Waals surface area contributed by atoms with Gasteiger partial charge in [-0.3, -0.25) is 9.10 Å². The smallest absolute Gasteiger partial charge is 0.241 e. The Morgan fingerprint density at radius 1 is 0.935 bits per heavy atom. The van der Waals surface area contributed by atoms with Crippen molar-refractivity contribution in [1.29, 1.82) is 0 Å². The van der Waals surface area contributed by atoms with Gasteiger partial charge in [0.1, 0.15) is 6.54 Å². The minimum absolute atomic E-state index is 0.352. The van der Waals surface area contributed by atoms with Gasteiger partial charge in [-0.2, -0.15) is 0 Å². The molecule has 0 saturated carbocycles. The molecular weight excluding hydrogens is 432 g/mol. The molecule has 0 spiro atoms. The van der Waals surface area contributed by atoms with Crippen molar-refractivity contribution in [2.45, 2.75) is 19.9 Å². The molecule has 0 aliphatic carbocycles. The molecule has 0 bridgehead atoms. The largest absolute Gasteiger partial charge is 0.344 e. The second kappa shape index (κ2) is 9.54. The van der Waals surface area contributed by atoms with Crippen molar-refractivity contribution in [3.05, 3.63) is 100 Å². The van der Waals surface area contributed by atoms with Crippen LogP contribution in [-0.4, -0.2) is 27.1 Å². The van der Waals surface area contributed by atoms with E-state index in [1.54, 1.807) is 25.1 Å². The highest BCUT2D eigenvalue weighted by Gasteiger charge is 2.25. The number of rotatable bonds is 7. The summed E-state index contributed by atoms with van der Waals surface area (Å²) in [6.07, 6.45) is 1.08. The number of hydrogen-bond acceptors (Lipinski definition) is 3. The van der Waals surface area contributed by atoms with Crippen LogP contribution in [0.5, 0.6) is 0 Å². The van der Waals surface area contributed by atoms with Crippen molar-refractivity contribution in [2.75, 3.05) is 17.1 Å². The number of carbonyl (C=O) groups is 1. The molecule has 3 aromatic rings. The van der Waals surface area contributed by atoms with Crippen molar-refractivity contribution in [2.24, 2.45) is 0 Å². The van der Waals surface area contributed by atoms with E-state index in [4.69, 9.17) is 11.6 Å². The van der Waals surface area contributed by atoms with Crippen molar-refractivity contribution >= 4 is 33.2 Å². The first-order chi connectivity index (χ1) is 14.7. The Hall–Kier alpha value is -2.83. The van der Waals surface area contributed by atoms with Gasteiger partial charge in [0.2, 0.25) is 15.9 Å². The zero-order valence-corrected chi connectivity index (χ0v) is 19.2. The molecule has 162 valence electrons. The van der Waals surface area contributed by atoms with Crippen LogP contribution in [0.3, 0.4) is 0 Å². The second-order valence-corrected chi connectivity index (χ2v) is 9.79. The van der Waals surface area contributed by atoms with Crippen LogP contribution in [0.4, 0.5) is 5.69 Å². The number of aryl methyl sites for hydroxylation is 1. The molecule has 0 fully saturated rings. The maximum absolute atomic E-state index is 13.0. The number of carbonyl (C=O) groups excluding carboxylic acids is 1. The van der Waals surface area contributed by atoms with E-state index in [-0.39, 0.29) is 6.54 Å². The average molecular weight is 457 g/mol. The van der Waals surface area contributed by atoms with E-state index in [0.717, 1.165) is 27.3 Å². The molecule has 3 rings (SSSR count). The molecule has 0 heterocycles. The van der Waals surface area contributed by atoms with Crippen molar-refractivity contribution in [1.82, 2.24) is 5.32 Å². The number of hydrogen-bond donors (Lipinski definition) is 1. The standard InChI is InChI=1S/C24H25ClN2O3S/c1-17-12-14-20(15-13-17)24(19-8-5-4-6-9-19)26-23(28)16-27(31(3,29)30)22-11-7-10-21(25)18(22)2/h4-15,24H,16H2,1-3H3,(H,26,28)/t24-/m1/s1. The number of nitrogens with one attached hydrogen (secondary N) is 1. The molecule has 1 N–H and O–H groups in total. The van der Waals surface area contributed by atoms with Crippen LogP contribution in [0, 0.1) is 13.8 Å². The number of halogens is 1. The third-order valence-electron chi connectivity index (χ3n) is 5.04. The summed E-state index contributed by atoms with van der Waals surface area (Å²) in [6, 6.07) is 22.0. The predicted octanol–water partition coefficient (Wildman–Crippen LogP) is 4.63. The van der Waals surface area contributed by atoms with Gasteiger partial charge >= 0.3 is 0 Å². The number of benzene rings is 3. The van der Waals surface area contributed by atoms with Crippen molar-refractivity contribution in [3.63, 3.8) is 0 Å². The molecule has 0 saturated heterocycles. The van der Waals surface area contributed by atoms with Crippen LogP contribution in [-0.2, 0) is 14.8 Å². The summed E-state index contributed by atoms with van der Waals surface area (Å²) < 4.78 is 26.1. The molecule has 0 aliphatic heterocycles. The Morgan fingerprint density at radius 3 is 2.16 bits per heavy atom. The maximum Gasteiger partial charge on any atom is 0.241 e. The first-order valence-corrected chi connectivity index (χ1v) is 12.0. The Balaban J connectivity index is 1.91. The van der Waals surface area contributed by atoms with Crippen LogP contribution < -0.4 is 9.62 Å². The summed E-state index contributed by atoms with van der Waals surface area (Å²) in [6.45, 7) is 3.37. The van der Waals surface area contributed by atoms with E-state index in [0.29, 0.717) is 16.3 Å². The van der Waals surface area contributed by atoms with Gasteiger partial charge in [0.25, 0.3) is 0 Å². The topological polar surface area (TPSA) is 66.5 Å². The molecular formula is C24H25ClN2O3S. The van der Waals surface area contributed by atoms with Gasteiger partial charge in [0, 0.05) is 5.02 Å². The molecule has 0 aromatic heterocycles. The lowest BCUT2D eigenvalue weighted by Gasteiger charge is -2.26. The van der Waals surface area contributed by atoms with Gasteiger partial charge in [0.15, 0.2) is 0 Å². The molecule has 5 nitrogen and oxygen atoms in total. The molecule has 1 atom stereocenters. The van der Waals surface area contributed by atoms with Gasteiger partial charge in [-0.1, -0.05) is 77.8 Å². The van der Waals surface area contributed by atoms with Crippen molar-refractivity contribution in [3.8, 4) is 0 Å². The van der Waals surface area contributed by atoms with E-state index < -0.39 is 22.0 Å². The van der Waals surface area contributed by atoms with Crippen LogP contribution >= 0.6 is 11.6 Å². The molecule has 3 aromatic carbocycles. The predicted molar refractivity (Wildman–Crippen MR) is 126 cm³/mol. The van der Waals surface area contributed by atoms with Crippen LogP contribution in [0.1, 0.15) is 28.3 Å². The zero-order valence-electron chi connectivity index (χ0n) is 17.7. The Labute approximate surface area is 188 Å². The lowest BCUT2D eigenvalue weighted by atomic mass is 9.98. The van der Waals surface area contributed by atoms with E-state index in [2.05, 4.69) is 5.32 Å². The Kier molecular flexibility index (Phi) is 7.03. The normalized spacial score (nSPS) is 12.3. The van der Waals surface area contributed by atoms with Crippen LogP contribution in [0.2, 0.25) is 5.02 Å². The maximum atomic E-state index is 13.0. The molecule has 1 amide bonds. The summed E-state index contributed by atoms with van der Waals surface area (Å²) in [5.74, 6) is -0.417. The number of anilines is 1. The fraction of sp³-hybridized carbons (Fsp3) is 0.208. The first kappa shape index (κ1) is 22.8. The summed E-state index contributed by atoms with van der Waals surface area (Å²) in [7, 11) is -3.71. The van der Waals surface area contributed by atoms with Crippen LogP contribution in [0.15, 0.2) is 72.8 Å². The minimum atomic E-state index is -3.71. The van der Waals surface area contributed by atoms with Gasteiger partial charge in [-0.05, 0) is 42.7 Å². The highest BCUT2D eigenvalue weighted by atomic mass is 35.5. The highest BCUT2D eigenvalue weighted by molar-refractivity contribution is 7.92. The lowest BCUT2D eigenvalue weighted by molar-refractivity contribution is -0.120. The van der Waals surface area contributed by atoms with E-state index in [1.807, 2.05) is 61.5 Å². The third kappa shape index (κ3) is 5.66. The fourth-order valence-corrected chi connectivity index (χ4v) is 4.42. The molecule has 0 radical (unpaired) electrons. The SMILES string of the molecule is Cc1ccc([C@H](NC(=O)CN(c2cccc(Cl)c2C)S(C)(=O)=O)c2ccccc2)cc1. The van der Waals surface area contributed by atoms with Gasteiger partial charge in [-0.15, -0.1) is 0 Å². The first-order valence-electron chi connectivity index (χ1n) is 9.80. The Bertz CT molecular complexity index is 1160. The minimum Gasteiger partial charge on any atom is -0.344 e. The summed E-state index contributed by atoms with van der Waals surface area (Å²) in [5.41, 5.74) is 3.92. The Morgan fingerprint density at radius 2 is 1.55 bits per heavy atom. The quantitative estimate of drug-likeness (QED) is 0.563. The molecule has 31 heavy (non-hydrogen) atoms.